The third-order valence-corrected chi connectivity index (χ3v) is 3.24. The highest BCUT2D eigenvalue weighted by molar-refractivity contribution is 9.10. The molecule has 0 bridgehead atoms. The van der Waals surface area contributed by atoms with Crippen molar-refractivity contribution in [1.29, 1.82) is 0 Å². The van der Waals surface area contributed by atoms with E-state index in [0.717, 1.165) is 16.9 Å². The quantitative estimate of drug-likeness (QED) is 0.811. The molecule has 0 spiro atoms. The van der Waals surface area contributed by atoms with E-state index in [1.54, 1.807) is 0 Å². The lowest BCUT2D eigenvalue weighted by molar-refractivity contribution is 0.440. The van der Waals surface area contributed by atoms with Gasteiger partial charge in [-0.15, -0.1) is 0 Å². The van der Waals surface area contributed by atoms with E-state index in [1.165, 1.54) is 24.8 Å². The number of nitrogens with one attached hydrogen (secondary N) is 1. The molecule has 0 aliphatic carbocycles. The van der Waals surface area contributed by atoms with Gasteiger partial charge in [0.2, 0.25) is 0 Å². The van der Waals surface area contributed by atoms with Crippen LogP contribution in [0, 0.1) is 5.92 Å². The first-order chi connectivity index (χ1) is 8.13. The summed E-state index contributed by atoms with van der Waals surface area (Å²) in [7, 11) is 0. The molecule has 1 heterocycles. The Labute approximate surface area is 113 Å². The van der Waals surface area contributed by atoms with E-state index >= 15 is 0 Å². The van der Waals surface area contributed by atoms with E-state index < -0.39 is 0 Å². The minimum absolute atomic E-state index is 0.433. The van der Waals surface area contributed by atoms with Gasteiger partial charge in [0.15, 0.2) is 0 Å². The van der Waals surface area contributed by atoms with E-state index in [-0.39, 0.29) is 0 Å². The average Bonchev–Trinajstić information content (AvgIpc) is 2.29. The van der Waals surface area contributed by atoms with Gasteiger partial charge in [0.05, 0.1) is 0 Å². The van der Waals surface area contributed by atoms with Gasteiger partial charge in [-0.3, -0.25) is 4.98 Å². The molecular weight excluding hydrogens is 276 g/mol. The van der Waals surface area contributed by atoms with Crippen LogP contribution < -0.4 is 5.32 Å². The molecule has 0 radical (unpaired) electrons. The lowest BCUT2D eigenvalue weighted by Gasteiger charge is -2.19. The van der Waals surface area contributed by atoms with Crippen molar-refractivity contribution in [3.8, 4) is 0 Å². The van der Waals surface area contributed by atoms with Crippen LogP contribution in [0.15, 0.2) is 22.9 Å². The summed E-state index contributed by atoms with van der Waals surface area (Å²) in [4.78, 5) is 4.25. The molecule has 0 aromatic carbocycles. The molecule has 0 aliphatic heterocycles. The second-order valence-electron chi connectivity index (χ2n) is 4.91. The Morgan fingerprint density at radius 3 is 2.65 bits per heavy atom. The molecule has 1 aromatic heterocycles. The van der Waals surface area contributed by atoms with Crippen LogP contribution in [0.4, 0.5) is 0 Å². The lowest BCUT2D eigenvalue weighted by Crippen LogP contribution is -2.22. The molecule has 0 aliphatic rings. The van der Waals surface area contributed by atoms with Gasteiger partial charge in [-0.05, 0) is 59.3 Å². The van der Waals surface area contributed by atoms with Crippen molar-refractivity contribution in [2.75, 3.05) is 6.54 Å². The molecule has 1 unspecified atom stereocenters. The Morgan fingerprint density at radius 1 is 1.29 bits per heavy atom. The standard InChI is InChI=1S/C14H23BrN2/c1-4-7-17-14(6-5-11(2)3)12-8-13(15)10-16-9-12/h8-11,14,17H,4-7H2,1-3H3. The van der Waals surface area contributed by atoms with Gasteiger partial charge in [-0.2, -0.15) is 0 Å². The third-order valence-electron chi connectivity index (χ3n) is 2.80. The summed E-state index contributed by atoms with van der Waals surface area (Å²) in [6.07, 6.45) is 7.39. The van der Waals surface area contributed by atoms with E-state index in [9.17, 15) is 0 Å². The maximum absolute atomic E-state index is 4.25. The molecule has 2 nitrogen and oxygen atoms in total. The molecule has 0 fully saturated rings. The molecule has 96 valence electrons. The molecule has 17 heavy (non-hydrogen) atoms. The SMILES string of the molecule is CCCNC(CCC(C)C)c1cncc(Br)c1. The van der Waals surface area contributed by atoms with Crippen LogP contribution in [0.2, 0.25) is 0 Å². The Kier molecular flexibility index (Phi) is 6.75. The topological polar surface area (TPSA) is 24.9 Å². The van der Waals surface area contributed by atoms with Crippen LogP contribution in [0.25, 0.3) is 0 Å². The van der Waals surface area contributed by atoms with Crippen LogP contribution in [-0.2, 0) is 0 Å². The largest absolute Gasteiger partial charge is 0.310 e. The minimum Gasteiger partial charge on any atom is -0.310 e. The second-order valence-corrected chi connectivity index (χ2v) is 5.83. The van der Waals surface area contributed by atoms with Crippen molar-refractivity contribution in [3.63, 3.8) is 0 Å². The fourth-order valence-corrected chi connectivity index (χ4v) is 2.21. The Hall–Kier alpha value is -0.410. The first-order valence-electron chi connectivity index (χ1n) is 6.47. The first-order valence-corrected chi connectivity index (χ1v) is 7.26. The predicted molar refractivity (Wildman–Crippen MR) is 77.0 cm³/mol. The highest BCUT2D eigenvalue weighted by Gasteiger charge is 2.11. The highest BCUT2D eigenvalue weighted by Crippen LogP contribution is 2.22. The summed E-state index contributed by atoms with van der Waals surface area (Å²) in [5, 5.41) is 3.61. The number of pyridine rings is 1. The molecule has 1 atom stereocenters. The maximum atomic E-state index is 4.25. The number of halogens is 1. The maximum Gasteiger partial charge on any atom is 0.0410 e. The molecule has 0 saturated carbocycles. The van der Waals surface area contributed by atoms with Crippen molar-refractivity contribution in [2.24, 2.45) is 5.92 Å². The zero-order chi connectivity index (χ0) is 12.7. The number of rotatable bonds is 7. The fraction of sp³-hybridized carbons (Fsp3) is 0.643. The van der Waals surface area contributed by atoms with Crippen LogP contribution in [0.3, 0.4) is 0 Å². The zero-order valence-corrected chi connectivity index (χ0v) is 12.6. The Balaban J connectivity index is 2.67. The third kappa shape index (κ3) is 5.64. The van der Waals surface area contributed by atoms with Gasteiger partial charge in [0, 0.05) is 22.9 Å². The molecule has 1 rings (SSSR count). The smallest absolute Gasteiger partial charge is 0.0410 e. The summed E-state index contributed by atoms with van der Waals surface area (Å²) >= 11 is 3.49. The van der Waals surface area contributed by atoms with Crippen molar-refractivity contribution >= 4 is 15.9 Å². The number of hydrogen-bond acceptors (Lipinski definition) is 2. The van der Waals surface area contributed by atoms with Crippen LogP contribution in [0.1, 0.15) is 51.6 Å². The van der Waals surface area contributed by atoms with Gasteiger partial charge in [-0.1, -0.05) is 20.8 Å². The van der Waals surface area contributed by atoms with Gasteiger partial charge in [0.25, 0.3) is 0 Å². The number of nitrogens with zero attached hydrogens (tertiary/aromatic N) is 1. The lowest BCUT2D eigenvalue weighted by atomic mass is 9.98. The second kappa shape index (κ2) is 7.83. The van der Waals surface area contributed by atoms with E-state index in [1.807, 2.05) is 12.4 Å². The monoisotopic (exact) mass is 298 g/mol. The van der Waals surface area contributed by atoms with Crippen LogP contribution >= 0.6 is 15.9 Å². The number of aromatic nitrogens is 1. The first kappa shape index (κ1) is 14.7. The van der Waals surface area contributed by atoms with Crippen LogP contribution in [-0.4, -0.2) is 11.5 Å². The van der Waals surface area contributed by atoms with Gasteiger partial charge >= 0.3 is 0 Å². The van der Waals surface area contributed by atoms with Gasteiger partial charge in [-0.25, -0.2) is 0 Å². The summed E-state index contributed by atoms with van der Waals surface area (Å²) < 4.78 is 1.06. The van der Waals surface area contributed by atoms with Crippen molar-refractivity contribution in [3.05, 3.63) is 28.5 Å². The van der Waals surface area contributed by atoms with E-state index in [0.29, 0.717) is 6.04 Å². The van der Waals surface area contributed by atoms with Gasteiger partial charge < -0.3 is 5.32 Å². The fourth-order valence-electron chi connectivity index (χ4n) is 1.82. The van der Waals surface area contributed by atoms with Crippen molar-refractivity contribution in [1.82, 2.24) is 10.3 Å². The molecule has 3 heteroatoms. The Morgan fingerprint density at radius 2 is 2.06 bits per heavy atom. The molecule has 1 N–H and O–H groups in total. The summed E-state index contributed by atoms with van der Waals surface area (Å²) in [6, 6.07) is 2.60. The van der Waals surface area contributed by atoms with Crippen molar-refractivity contribution < 1.29 is 0 Å². The normalized spacial score (nSPS) is 13.0. The highest BCUT2D eigenvalue weighted by atomic mass is 79.9. The summed E-state index contributed by atoms with van der Waals surface area (Å²) in [5.74, 6) is 0.751. The zero-order valence-electron chi connectivity index (χ0n) is 11.0. The van der Waals surface area contributed by atoms with Crippen LogP contribution in [0.5, 0.6) is 0 Å². The molecule has 0 amide bonds. The molecule has 0 saturated heterocycles. The molecular formula is C14H23BrN2. The molecule has 1 aromatic rings. The summed E-state index contributed by atoms with van der Waals surface area (Å²) in [6.45, 7) is 7.81. The van der Waals surface area contributed by atoms with E-state index in [4.69, 9.17) is 0 Å². The number of hydrogen-bond donors (Lipinski definition) is 1. The van der Waals surface area contributed by atoms with Gasteiger partial charge in [0.1, 0.15) is 0 Å². The Bertz CT molecular complexity index is 326. The summed E-state index contributed by atoms with van der Waals surface area (Å²) in [5.41, 5.74) is 1.29. The minimum atomic E-state index is 0.433. The average molecular weight is 299 g/mol. The van der Waals surface area contributed by atoms with Crippen molar-refractivity contribution in [2.45, 2.75) is 46.1 Å². The predicted octanol–water partition coefficient (Wildman–Crippen LogP) is 4.32. The van der Waals surface area contributed by atoms with E-state index in [2.05, 4.69) is 53.1 Å².